The minimum atomic E-state index is -0.492. The average Bonchev–Trinajstić information content (AvgIpc) is 3.53. The number of hydrazine groups is 1. The van der Waals surface area contributed by atoms with E-state index in [0.717, 1.165) is 22.6 Å². The van der Waals surface area contributed by atoms with Crippen LogP contribution in [0.5, 0.6) is 0 Å². The number of thiazole rings is 1. The zero-order chi connectivity index (χ0) is 24.2. The first-order valence-electron chi connectivity index (χ1n) is 10.7. The molecule has 0 aliphatic rings. The fourth-order valence-electron chi connectivity index (χ4n) is 3.41. The van der Waals surface area contributed by atoms with Crippen molar-refractivity contribution in [1.29, 1.82) is 0 Å². The number of benzene rings is 2. The van der Waals surface area contributed by atoms with Gasteiger partial charge in [0.2, 0.25) is 0 Å². The predicted molar refractivity (Wildman–Crippen MR) is 132 cm³/mol. The molecule has 0 unspecified atom stereocenters. The predicted octanol–water partition coefficient (Wildman–Crippen LogP) is 3.84. The Balaban J connectivity index is 1.38. The van der Waals surface area contributed by atoms with Crippen LogP contribution in [0.25, 0.3) is 27.8 Å². The molecular weight excluding hydrogens is 462 g/mol. The van der Waals surface area contributed by atoms with Crippen molar-refractivity contribution in [3.05, 3.63) is 101 Å². The lowest BCUT2D eigenvalue weighted by Gasteiger charge is -2.06. The van der Waals surface area contributed by atoms with Crippen molar-refractivity contribution < 1.29 is 9.59 Å². The first-order chi connectivity index (χ1) is 17.1. The number of rotatable bonds is 5. The van der Waals surface area contributed by atoms with E-state index in [1.54, 1.807) is 36.3 Å². The van der Waals surface area contributed by atoms with E-state index in [9.17, 15) is 9.59 Å². The molecule has 0 atom stereocenters. The third kappa shape index (κ3) is 4.68. The Morgan fingerprint density at radius 3 is 2.23 bits per heavy atom. The summed E-state index contributed by atoms with van der Waals surface area (Å²) >= 11 is 1.15. The van der Waals surface area contributed by atoms with E-state index < -0.39 is 11.8 Å². The number of aromatic nitrogens is 5. The maximum Gasteiger partial charge on any atom is 0.281 e. The number of para-hydroxylation sites is 1. The van der Waals surface area contributed by atoms with Crippen LogP contribution in [0.15, 0.2) is 85.3 Å². The SMILES string of the molecule is Cc1nc(-c2ncccn2)sc1C(=O)NNC(=O)c1cn(-c2ccccc2)nc1-c1ccccc1. The lowest BCUT2D eigenvalue weighted by atomic mass is 10.1. The number of carbonyl (C=O) groups is 2. The topological polar surface area (TPSA) is 115 Å². The van der Waals surface area contributed by atoms with Gasteiger partial charge in [0.25, 0.3) is 11.8 Å². The van der Waals surface area contributed by atoms with Crippen LogP contribution >= 0.6 is 11.3 Å². The summed E-state index contributed by atoms with van der Waals surface area (Å²) in [4.78, 5) is 39.0. The van der Waals surface area contributed by atoms with E-state index in [0.29, 0.717) is 32.7 Å². The van der Waals surface area contributed by atoms with Gasteiger partial charge in [0.1, 0.15) is 10.6 Å². The molecule has 5 rings (SSSR count). The van der Waals surface area contributed by atoms with Crippen molar-refractivity contribution in [3.8, 4) is 27.8 Å². The van der Waals surface area contributed by atoms with Gasteiger partial charge in [0, 0.05) is 24.2 Å². The third-order valence-electron chi connectivity index (χ3n) is 5.08. The standard InChI is InChI=1S/C25H19N7O2S/c1-16-21(35-25(28-16)22-26-13-8-14-27-22)24(34)30-29-23(33)19-15-32(18-11-6-3-7-12-18)31-20(19)17-9-4-2-5-10-17/h2-15H,1H3,(H,29,33)(H,30,34). The first-order valence-corrected chi connectivity index (χ1v) is 11.5. The molecule has 0 bridgehead atoms. The molecule has 0 saturated carbocycles. The smallest absolute Gasteiger partial charge is 0.267 e. The Hall–Kier alpha value is -4.70. The highest BCUT2D eigenvalue weighted by Crippen LogP contribution is 2.25. The molecule has 3 aromatic heterocycles. The maximum atomic E-state index is 13.1. The van der Waals surface area contributed by atoms with Crippen molar-refractivity contribution in [1.82, 2.24) is 35.6 Å². The molecule has 2 amide bonds. The molecule has 172 valence electrons. The Labute approximate surface area is 204 Å². The fourth-order valence-corrected chi connectivity index (χ4v) is 4.32. The Morgan fingerprint density at radius 1 is 0.857 bits per heavy atom. The minimum absolute atomic E-state index is 0.319. The summed E-state index contributed by atoms with van der Waals surface area (Å²) in [6.45, 7) is 1.72. The van der Waals surface area contributed by atoms with Gasteiger partial charge in [-0.2, -0.15) is 5.10 Å². The van der Waals surface area contributed by atoms with Crippen LogP contribution in [-0.4, -0.2) is 36.5 Å². The van der Waals surface area contributed by atoms with E-state index in [-0.39, 0.29) is 0 Å². The molecule has 2 aromatic carbocycles. The second kappa shape index (κ2) is 9.65. The van der Waals surface area contributed by atoms with Crippen molar-refractivity contribution in [2.45, 2.75) is 6.92 Å². The van der Waals surface area contributed by atoms with Crippen molar-refractivity contribution in [2.75, 3.05) is 0 Å². The zero-order valence-corrected chi connectivity index (χ0v) is 19.4. The summed E-state index contributed by atoms with van der Waals surface area (Å²) in [7, 11) is 0. The number of hydrogen-bond donors (Lipinski definition) is 2. The molecule has 3 heterocycles. The van der Waals surface area contributed by atoms with Crippen molar-refractivity contribution >= 4 is 23.2 Å². The van der Waals surface area contributed by atoms with Crippen molar-refractivity contribution in [2.24, 2.45) is 0 Å². The van der Waals surface area contributed by atoms with Crippen LogP contribution in [0, 0.1) is 6.92 Å². The lowest BCUT2D eigenvalue weighted by Crippen LogP contribution is -2.41. The average molecular weight is 482 g/mol. The van der Waals surface area contributed by atoms with Gasteiger partial charge in [-0.25, -0.2) is 19.6 Å². The molecule has 35 heavy (non-hydrogen) atoms. The number of nitrogens with zero attached hydrogens (tertiary/aromatic N) is 5. The molecule has 0 spiro atoms. The molecule has 0 radical (unpaired) electrons. The van der Waals surface area contributed by atoms with E-state index >= 15 is 0 Å². The van der Waals surface area contributed by atoms with Gasteiger partial charge in [0.05, 0.1) is 16.9 Å². The van der Waals surface area contributed by atoms with Gasteiger partial charge in [-0.05, 0) is 25.1 Å². The summed E-state index contributed by atoms with van der Waals surface area (Å²) in [5.74, 6) is -0.537. The molecule has 0 saturated heterocycles. The number of nitrogens with one attached hydrogen (secondary N) is 2. The van der Waals surface area contributed by atoms with E-state index in [4.69, 9.17) is 0 Å². The van der Waals surface area contributed by atoms with Crippen LogP contribution in [0.1, 0.15) is 25.7 Å². The summed E-state index contributed by atoms with van der Waals surface area (Å²) in [5.41, 5.74) is 7.92. The molecule has 0 fully saturated rings. The highest BCUT2D eigenvalue weighted by atomic mass is 32.1. The fraction of sp³-hybridized carbons (Fsp3) is 0.0400. The van der Waals surface area contributed by atoms with E-state index in [2.05, 4.69) is 30.9 Å². The Bertz CT molecular complexity index is 1480. The van der Waals surface area contributed by atoms with E-state index in [1.807, 2.05) is 60.7 Å². The van der Waals surface area contributed by atoms with Crippen LogP contribution in [0.3, 0.4) is 0 Å². The third-order valence-corrected chi connectivity index (χ3v) is 6.23. The summed E-state index contributed by atoms with van der Waals surface area (Å²) < 4.78 is 1.64. The van der Waals surface area contributed by atoms with Gasteiger partial charge in [-0.3, -0.25) is 20.4 Å². The van der Waals surface area contributed by atoms with Crippen molar-refractivity contribution in [3.63, 3.8) is 0 Å². The molecule has 2 N–H and O–H groups in total. The minimum Gasteiger partial charge on any atom is -0.267 e. The zero-order valence-electron chi connectivity index (χ0n) is 18.5. The first kappa shape index (κ1) is 22.1. The number of hydrogen-bond acceptors (Lipinski definition) is 7. The van der Waals surface area contributed by atoms with Gasteiger partial charge >= 0.3 is 0 Å². The molecule has 5 aromatic rings. The second-order valence-corrected chi connectivity index (χ2v) is 8.45. The number of aryl methyl sites for hydroxylation is 1. The van der Waals surface area contributed by atoms with Crippen LogP contribution in [-0.2, 0) is 0 Å². The summed E-state index contributed by atoms with van der Waals surface area (Å²) in [6.07, 6.45) is 4.86. The quantitative estimate of drug-likeness (QED) is 0.369. The largest absolute Gasteiger partial charge is 0.281 e. The van der Waals surface area contributed by atoms with Crippen LogP contribution in [0.4, 0.5) is 0 Å². The molecular formula is C25H19N7O2S. The van der Waals surface area contributed by atoms with Gasteiger partial charge < -0.3 is 0 Å². The molecule has 0 aliphatic heterocycles. The monoisotopic (exact) mass is 481 g/mol. The second-order valence-electron chi connectivity index (χ2n) is 7.45. The lowest BCUT2D eigenvalue weighted by molar-refractivity contribution is 0.0848. The maximum absolute atomic E-state index is 13.1. The van der Waals surface area contributed by atoms with Crippen LogP contribution in [0.2, 0.25) is 0 Å². The van der Waals surface area contributed by atoms with Crippen LogP contribution < -0.4 is 10.9 Å². The Morgan fingerprint density at radius 2 is 1.51 bits per heavy atom. The molecule has 10 heteroatoms. The van der Waals surface area contributed by atoms with Gasteiger partial charge in [0.15, 0.2) is 10.8 Å². The normalized spacial score (nSPS) is 10.7. The van der Waals surface area contributed by atoms with E-state index in [1.165, 1.54) is 0 Å². The summed E-state index contributed by atoms with van der Waals surface area (Å²) in [5, 5.41) is 5.15. The van der Waals surface area contributed by atoms with Gasteiger partial charge in [-0.15, -0.1) is 11.3 Å². The molecule has 9 nitrogen and oxygen atoms in total. The molecule has 0 aliphatic carbocycles. The Kier molecular flexibility index (Phi) is 6.10. The number of carbonyl (C=O) groups excluding carboxylic acids is 2. The van der Waals surface area contributed by atoms with Gasteiger partial charge in [-0.1, -0.05) is 48.5 Å². The highest BCUT2D eigenvalue weighted by Gasteiger charge is 2.21. The highest BCUT2D eigenvalue weighted by molar-refractivity contribution is 7.17. The summed E-state index contributed by atoms with van der Waals surface area (Å²) in [6, 6.07) is 20.6. The number of amides is 2.